The summed E-state index contributed by atoms with van der Waals surface area (Å²) in [6, 6.07) is 5.06. The van der Waals surface area contributed by atoms with Crippen LogP contribution in [0.2, 0.25) is 0 Å². The second kappa shape index (κ2) is 6.45. The summed E-state index contributed by atoms with van der Waals surface area (Å²) >= 11 is 0. The summed E-state index contributed by atoms with van der Waals surface area (Å²) in [4.78, 5) is 2.30. The van der Waals surface area contributed by atoms with E-state index in [4.69, 9.17) is 5.73 Å². The highest BCUT2D eigenvalue weighted by Crippen LogP contribution is 2.38. The Kier molecular flexibility index (Phi) is 5.05. The number of nitrogens with two attached hydrogens (primary N) is 1. The number of nitrogens with zero attached hydrogens (tertiary/aromatic N) is 1. The van der Waals surface area contributed by atoms with Crippen molar-refractivity contribution in [2.75, 3.05) is 14.1 Å². The van der Waals surface area contributed by atoms with Crippen LogP contribution in [0.1, 0.15) is 43.7 Å². The van der Waals surface area contributed by atoms with Crippen LogP contribution in [-0.4, -0.2) is 30.6 Å². The largest absolute Gasteiger partial charge is 0.326 e. The summed E-state index contributed by atoms with van der Waals surface area (Å²) in [5, 5.41) is 0. The quantitative estimate of drug-likeness (QED) is 0.920. The number of aryl methyl sites for hydroxylation is 1. The molecule has 0 spiro atoms. The molecule has 1 aromatic rings. The van der Waals surface area contributed by atoms with Crippen LogP contribution in [0.25, 0.3) is 0 Å². The fourth-order valence-electron chi connectivity index (χ4n) is 3.70. The Morgan fingerprint density at radius 2 is 1.95 bits per heavy atom. The molecule has 0 aliphatic heterocycles. The van der Waals surface area contributed by atoms with Gasteiger partial charge in [-0.25, -0.2) is 4.39 Å². The van der Waals surface area contributed by atoms with E-state index in [1.807, 2.05) is 13.0 Å². The van der Waals surface area contributed by atoms with E-state index >= 15 is 0 Å². The maximum Gasteiger partial charge on any atom is 0.123 e. The van der Waals surface area contributed by atoms with E-state index in [0.29, 0.717) is 0 Å². The Labute approximate surface area is 128 Å². The maximum absolute atomic E-state index is 13.5. The second-order valence-corrected chi connectivity index (χ2v) is 7.06. The molecule has 0 bridgehead atoms. The van der Waals surface area contributed by atoms with Gasteiger partial charge >= 0.3 is 0 Å². The van der Waals surface area contributed by atoms with Crippen LogP contribution in [0, 0.1) is 18.7 Å². The number of hydrogen-bond donors (Lipinski definition) is 1. The van der Waals surface area contributed by atoms with Gasteiger partial charge in [-0.15, -0.1) is 0 Å². The number of halogens is 1. The highest BCUT2D eigenvalue weighted by molar-refractivity contribution is 5.28. The molecule has 0 aromatic heterocycles. The van der Waals surface area contributed by atoms with E-state index in [0.717, 1.165) is 36.3 Å². The first-order valence-electron chi connectivity index (χ1n) is 8.03. The number of hydrogen-bond acceptors (Lipinski definition) is 2. The van der Waals surface area contributed by atoms with E-state index in [1.165, 1.54) is 18.9 Å². The van der Waals surface area contributed by atoms with E-state index in [2.05, 4.69) is 25.9 Å². The molecule has 2 N–H and O–H groups in total. The monoisotopic (exact) mass is 292 g/mol. The summed E-state index contributed by atoms with van der Waals surface area (Å²) in [5.41, 5.74) is 8.84. The molecule has 2 rings (SSSR count). The van der Waals surface area contributed by atoms with Gasteiger partial charge in [0.25, 0.3) is 0 Å². The van der Waals surface area contributed by atoms with Crippen LogP contribution in [0.3, 0.4) is 0 Å². The molecule has 0 heterocycles. The molecule has 1 aliphatic rings. The minimum Gasteiger partial charge on any atom is -0.326 e. The topological polar surface area (TPSA) is 29.3 Å². The predicted octanol–water partition coefficient (Wildman–Crippen LogP) is 3.51. The third-order valence-electron chi connectivity index (χ3n) is 5.47. The molecule has 0 saturated heterocycles. The van der Waals surface area contributed by atoms with Gasteiger partial charge in [0.05, 0.1) is 0 Å². The van der Waals surface area contributed by atoms with Crippen molar-refractivity contribution in [2.24, 2.45) is 11.7 Å². The lowest BCUT2D eigenvalue weighted by atomic mass is 9.71. The zero-order chi connectivity index (χ0) is 15.6. The second-order valence-electron chi connectivity index (χ2n) is 7.06. The molecule has 1 saturated carbocycles. The first kappa shape index (κ1) is 16.4. The van der Waals surface area contributed by atoms with E-state index < -0.39 is 0 Å². The molecule has 1 atom stereocenters. The minimum absolute atomic E-state index is 0.0421. The number of benzene rings is 1. The standard InChI is InChI=1S/C18H29FN2/c1-13-7-9-18(10-8-13,21(3)4)17(20)12-15-11-16(19)6-5-14(15)2/h5-6,11,13,17H,7-10,12,20H2,1-4H3. The summed E-state index contributed by atoms with van der Waals surface area (Å²) in [6.07, 6.45) is 5.48. The third-order valence-corrected chi connectivity index (χ3v) is 5.47. The van der Waals surface area contributed by atoms with Crippen molar-refractivity contribution in [2.45, 2.75) is 57.5 Å². The molecule has 0 radical (unpaired) electrons. The molecule has 1 fully saturated rings. The third kappa shape index (κ3) is 3.46. The van der Waals surface area contributed by atoms with Crippen molar-refractivity contribution in [3.05, 3.63) is 35.1 Å². The Morgan fingerprint density at radius 3 is 2.52 bits per heavy atom. The molecule has 0 amide bonds. The first-order valence-corrected chi connectivity index (χ1v) is 8.03. The van der Waals surface area contributed by atoms with Gasteiger partial charge in [0.1, 0.15) is 5.82 Å². The van der Waals surface area contributed by atoms with Crippen LogP contribution in [0.15, 0.2) is 18.2 Å². The van der Waals surface area contributed by atoms with Crippen molar-refractivity contribution < 1.29 is 4.39 Å². The average Bonchev–Trinajstić information content (AvgIpc) is 2.43. The number of rotatable bonds is 4. The highest BCUT2D eigenvalue weighted by Gasteiger charge is 2.41. The molecule has 1 aromatic carbocycles. The van der Waals surface area contributed by atoms with Crippen LogP contribution >= 0.6 is 0 Å². The van der Waals surface area contributed by atoms with Gasteiger partial charge in [-0.2, -0.15) is 0 Å². The van der Waals surface area contributed by atoms with E-state index in [-0.39, 0.29) is 17.4 Å². The molecular weight excluding hydrogens is 263 g/mol. The predicted molar refractivity (Wildman–Crippen MR) is 86.9 cm³/mol. The van der Waals surface area contributed by atoms with E-state index in [1.54, 1.807) is 6.07 Å². The van der Waals surface area contributed by atoms with Gasteiger partial charge in [0, 0.05) is 11.6 Å². The highest BCUT2D eigenvalue weighted by atomic mass is 19.1. The molecule has 1 unspecified atom stereocenters. The van der Waals surface area contributed by atoms with Gasteiger partial charge in [-0.05, 0) is 82.3 Å². The fourth-order valence-corrected chi connectivity index (χ4v) is 3.70. The SMILES string of the molecule is Cc1ccc(F)cc1CC(N)C1(N(C)C)CCC(C)CC1. The Morgan fingerprint density at radius 1 is 1.33 bits per heavy atom. The lowest BCUT2D eigenvalue weighted by Gasteiger charge is -2.48. The normalized spacial score (nSPS) is 27.9. The molecule has 3 heteroatoms. The van der Waals surface area contributed by atoms with Crippen molar-refractivity contribution in [1.82, 2.24) is 4.90 Å². The van der Waals surface area contributed by atoms with Gasteiger partial charge in [0.2, 0.25) is 0 Å². The van der Waals surface area contributed by atoms with Crippen LogP contribution < -0.4 is 5.73 Å². The van der Waals surface area contributed by atoms with Gasteiger partial charge in [-0.1, -0.05) is 13.0 Å². The Hall–Kier alpha value is -0.930. The van der Waals surface area contributed by atoms with Gasteiger partial charge in [0.15, 0.2) is 0 Å². The fraction of sp³-hybridized carbons (Fsp3) is 0.667. The molecule has 1 aliphatic carbocycles. The van der Waals surface area contributed by atoms with E-state index in [9.17, 15) is 4.39 Å². The zero-order valence-electron chi connectivity index (χ0n) is 13.8. The molecule has 118 valence electrons. The molecular formula is C18H29FN2. The smallest absolute Gasteiger partial charge is 0.123 e. The van der Waals surface area contributed by atoms with Gasteiger partial charge < -0.3 is 10.6 Å². The Bertz CT molecular complexity index is 476. The molecule has 2 nitrogen and oxygen atoms in total. The van der Waals surface area contributed by atoms with Crippen molar-refractivity contribution >= 4 is 0 Å². The van der Waals surface area contributed by atoms with Crippen molar-refractivity contribution in [3.8, 4) is 0 Å². The lowest BCUT2D eigenvalue weighted by Crippen LogP contribution is -2.59. The van der Waals surface area contributed by atoms with Crippen LogP contribution in [0.5, 0.6) is 0 Å². The lowest BCUT2D eigenvalue weighted by molar-refractivity contribution is 0.0568. The van der Waals surface area contributed by atoms with Crippen LogP contribution in [0.4, 0.5) is 4.39 Å². The zero-order valence-corrected chi connectivity index (χ0v) is 13.8. The summed E-state index contributed by atoms with van der Waals surface area (Å²) in [7, 11) is 4.27. The Balaban J connectivity index is 2.19. The van der Waals surface area contributed by atoms with Crippen molar-refractivity contribution in [1.29, 1.82) is 0 Å². The number of likely N-dealkylation sites (N-methyl/N-ethyl adjacent to an activating group) is 1. The van der Waals surface area contributed by atoms with Gasteiger partial charge in [-0.3, -0.25) is 0 Å². The summed E-state index contributed by atoms with van der Waals surface area (Å²) in [6.45, 7) is 4.36. The summed E-state index contributed by atoms with van der Waals surface area (Å²) in [5.74, 6) is 0.625. The minimum atomic E-state index is -0.168. The summed E-state index contributed by atoms with van der Waals surface area (Å²) < 4.78 is 13.5. The molecule has 21 heavy (non-hydrogen) atoms. The maximum atomic E-state index is 13.5. The van der Waals surface area contributed by atoms with Crippen molar-refractivity contribution in [3.63, 3.8) is 0 Å². The first-order chi connectivity index (χ1) is 9.85. The average molecular weight is 292 g/mol. The van der Waals surface area contributed by atoms with Crippen LogP contribution in [-0.2, 0) is 6.42 Å².